The maximum absolute atomic E-state index is 13.3. The Morgan fingerprint density at radius 2 is 1.37 bits per heavy atom. The number of ether oxygens (including phenoxy) is 2. The van der Waals surface area contributed by atoms with Crippen LogP contribution in [0, 0.1) is 11.8 Å². The summed E-state index contributed by atoms with van der Waals surface area (Å²) in [6, 6.07) is 23.7. The number of benzene rings is 3. The number of alkyl carbamates (subject to hydrolysis) is 1. The number of rotatable bonds is 12. The van der Waals surface area contributed by atoms with Gasteiger partial charge in [0.2, 0.25) is 5.91 Å². The minimum Gasteiger partial charge on any atom is -0.480 e. The Morgan fingerprint density at radius 3 is 1.93 bits per heavy atom. The van der Waals surface area contributed by atoms with Crippen LogP contribution in [-0.4, -0.2) is 47.9 Å². The maximum Gasteiger partial charge on any atom is 0.407 e. The van der Waals surface area contributed by atoms with Crippen molar-refractivity contribution in [2.75, 3.05) is 6.61 Å². The molecule has 4 rings (SSSR count). The van der Waals surface area contributed by atoms with Crippen LogP contribution in [-0.2, 0) is 25.7 Å². The van der Waals surface area contributed by atoms with Gasteiger partial charge in [-0.15, -0.1) is 0 Å². The first kappa shape index (κ1) is 29.8. The molecule has 3 aromatic rings. The predicted molar refractivity (Wildman–Crippen MR) is 156 cm³/mol. The van der Waals surface area contributed by atoms with E-state index < -0.39 is 42.1 Å². The molecule has 0 saturated carbocycles. The van der Waals surface area contributed by atoms with Gasteiger partial charge in [0.25, 0.3) is 0 Å². The molecule has 0 heterocycles. The fraction of sp³-hybridized carbons (Fsp3) is 0.364. The zero-order valence-corrected chi connectivity index (χ0v) is 23.9. The average molecular weight is 559 g/mol. The van der Waals surface area contributed by atoms with E-state index in [-0.39, 0.29) is 25.0 Å². The number of carboxylic acid groups (broad SMARTS) is 1. The second kappa shape index (κ2) is 13.5. The zero-order chi connectivity index (χ0) is 29.5. The van der Waals surface area contributed by atoms with Crippen molar-refractivity contribution in [3.63, 3.8) is 0 Å². The summed E-state index contributed by atoms with van der Waals surface area (Å²) in [5.41, 5.74) is 5.39. The number of carbonyl (C=O) groups is 3. The Hall–Kier alpha value is -4.17. The second-order valence-electron chi connectivity index (χ2n) is 10.9. The summed E-state index contributed by atoms with van der Waals surface area (Å²) in [4.78, 5) is 38.2. The van der Waals surface area contributed by atoms with E-state index >= 15 is 0 Å². The molecule has 2 unspecified atom stereocenters. The molecule has 3 N–H and O–H groups in total. The summed E-state index contributed by atoms with van der Waals surface area (Å²) in [7, 11) is 0. The molecular weight excluding hydrogens is 520 g/mol. The van der Waals surface area contributed by atoms with Gasteiger partial charge in [0, 0.05) is 12.0 Å². The normalized spacial score (nSPS) is 15.2. The van der Waals surface area contributed by atoms with Gasteiger partial charge in [0.1, 0.15) is 6.61 Å². The van der Waals surface area contributed by atoms with Gasteiger partial charge in [-0.1, -0.05) is 92.7 Å². The van der Waals surface area contributed by atoms with Gasteiger partial charge in [0.05, 0.1) is 18.6 Å². The van der Waals surface area contributed by atoms with E-state index in [1.807, 2.05) is 80.6 Å². The molecule has 0 aliphatic heterocycles. The minimum absolute atomic E-state index is 0.0821. The highest BCUT2D eigenvalue weighted by Crippen LogP contribution is 2.44. The molecule has 0 bridgehead atoms. The number of hydrogen-bond acceptors (Lipinski definition) is 5. The zero-order valence-electron chi connectivity index (χ0n) is 23.9. The van der Waals surface area contributed by atoms with Crippen molar-refractivity contribution < 1.29 is 29.0 Å². The molecule has 8 heteroatoms. The lowest BCUT2D eigenvalue weighted by molar-refractivity contribution is -0.147. The molecule has 0 radical (unpaired) electrons. The first-order valence-electron chi connectivity index (χ1n) is 14.0. The lowest BCUT2D eigenvalue weighted by Gasteiger charge is -2.30. The molecule has 3 aromatic carbocycles. The fourth-order valence-corrected chi connectivity index (χ4v) is 5.55. The third kappa shape index (κ3) is 7.13. The summed E-state index contributed by atoms with van der Waals surface area (Å²) < 4.78 is 11.4. The molecule has 0 saturated heterocycles. The van der Waals surface area contributed by atoms with Gasteiger partial charge in [-0.2, -0.15) is 0 Å². The highest BCUT2D eigenvalue weighted by atomic mass is 16.5. The average Bonchev–Trinajstić information content (AvgIpc) is 3.27. The van der Waals surface area contributed by atoms with Crippen LogP contribution < -0.4 is 10.6 Å². The molecule has 1 aliphatic rings. The van der Waals surface area contributed by atoms with E-state index in [0.717, 1.165) is 27.8 Å². The van der Waals surface area contributed by atoms with E-state index in [4.69, 9.17) is 9.47 Å². The minimum atomic E-state index is -1.26. The Balaban J connectivity index is 1.35. The van der Waals surface area contributed by atoms with Crippen molar-refractivity contribution in [3.8, 4) is 11.1 Å². The van der Waals surface area contributed by atoms with Crippen molar-refractivity contribution in [1.29, 1.82) is 0 Å². The maximum atomic E-state index is 13.3. The lowest BCUT2D eigenvalue weighted by Crippen LogP contribution is -2.54. The van der Waals surface area contributed by atoms with Crippen molar-refractivity contribution in [2.24, 2.45) is 11.8 Å². The van der Waals surface area contributed by atoms with Gasteiger partial charge >= 0.3 is 12.1 Å². The SMILES string of the molecule is CC(C)C(C(=O)N[C@H](C(=O)O)[C@@H](C)OCc1ccccc1)C(C)NC(=O)OCC1c2ccccc2-c2ccccc21. The van der Waals surface area contributed by atoms with Gasteiger partial charge in [-0.05, 0) is 47.6 Å². The molecule has 2 amide bonds. The van der Waals surface area contributed by atoms with Crippen LogP contribution in [0.1, 0.15) is 50.3 Å². The van der Waals surface area contributed by atoms with Crippen molar-refractivity contribution >= 4 is 18.0 Å². The summed E-state index contributed by atoms with van der Waals surface area (Å²) in [6.45, 7) is 7.41. The number of aliphatic carboxylic acids is 1. The third-order valence-corrected chi connectivity index (χ3v) is 7.64. The highest BCUT2D eigenvalue weighted by Gasteiger charge is 2.35. The first-order chi connectivity index (χ1) is 19.7. The Morgan fingerprint density at radius 1 is 0.805 bits per heavy atom. The molecule has 216 valence electrons. The molecule has 1 aliphatic carbocycles. The van der Waals surface area contributed by atoms with E-state index in [1.165, 1.54) is 0 Å². The van der Waals surface area contributed by atoms with Crippen LogP contribution in [0.5, 0.6) is 0 Å². The monoisotopic (exact) mass is 558 g/mol. The summed E-state index contributed by atoms with van der Waals surface area (Å²) >= 11 is 0. The Kier molecular flexibility index (Phi) is 9.78. The molecule has 8 nitrogen and oxygen atoms in total. The molecule has 4 atom stereocenters. The van der Waals surface area contributed by atoms with Crippen LogP contribution in [0.2, 0.25) is 0 Å². The molecule has 0 aromatic heterocycles. The van der Waals surface area contributed by atoms with Gasteiger partial charge < -0.3 is 25.2 Å². The van der Waals surface area contributed by atoms with E-state index in [1.54, 1.807) is 13.8 Å². The number of carboxylic acids is 1. The van der Waals surface area contributed by atoms with Crippen LogP contribution in [0.3, 0.4) is 0 Å². The van der Waals surface area contributed by atoms with Gasteiger partial charge in [-0.25, -0.2) is 9.59 Å². The largest absolute Gasteiger partial charge is 0.480 e. The topological polar surface area (TPSA) is 114 Å². The predicted octanol–water partition coefficient (Wildman–Crippen LogP) is 5.36. The number of nitrogens with one attached hydrogen (secondary N) is 2. The lowest BCUT2D eigenvalue weighted by atomic mass is 9.88. The number of amides is 2. The van der Waals surface area contributed by atoms with E-state index in [0.29, 0.717) is 0 Å². The number of carbonyl (C=O) groups excluding carboxylic acids is 2. The van der Waals surface area contributed by atoms with Crippen molar-refractivity contribution in [2.45, 2.75) is 58.4 Å². The van der Waals surface area contributed by atoms with E-state index in [9.17, 15) is 19.5 Å². The fourth-order valence-electron chi connectivity index (χ4n) is 5.55. The highest BCUT2D eigenvalue weighted by molar-refractivity contribution is 5.86. The second-order valence-corrected chi connectivity index (χ2v) is 10.9. The van der Waals surface area contributed by atoms with Gasteiger partial charge in [0.15, 0.2) is 6.04 Å². The van der Waals surface area contributed by atoms with Crippen LogP contribution in [0.4, 0.5) is 4.79 Å². The number of fused-ring (bicyclic) bond motifs is 3. The van der Waals surface area contributed by atoms with Crippen LogP contribution >= 0.6 is 0 Å². The number of hydrogen-bond donors (Lipinski definition) is 3. The molecule has 0 fully saturated rings. The standard InChI is InChI=1S/C33H38N2O6/c1-20(2)29(31(36)35-30(32(37)38)22(4)40-18-23-12-6-5-7-13-23)21(3)34-33(39)41-19-28-26-16-10-8-14-24(26)25-15-9-11-17-27(25)28/h5-17,20-22,28-30H,18-19H2,1-4H3,(H,34,39)(H,35,36)(H,37,38)/t21?,22-,29?,30+/m1/s1. The Bertz CT molecular complexity index is 1310. The first-order valence-corrected chi connectivity index (χ1v) is 14.0. The Labute approximate surface area is 241 Å². The smallest absolute Gasteiger partial charge is 0.407 e. The third-order valence-electron chi connectivity index (χ3n) is 7.64. The van der Waals surface area contributed by atoms with Gasteiger partial charge in [-0.3, -0.25) is 4.79 Å². The van der Waals surface area contributed by atoms with Crippen molar-refractivity contribution in [1.82, 2.24) is 10.6 Å². The molecular formula is C33H38N2O6. The quantitative estimate of drug-likeness (QED) is 0.276. The van der Waals surface area contributed by atoms with Crippen LogP contribution in [0.15, 0.2) is 78.9 Å². The summed E-state index contributed by atoms with van der Waals surface area (Å²) in [5.74, 6) is -2.64. The summed E-state index contributed by atoms with van der Waals surface area (Å²) in [6.07, 6.45) is -1.41. The summed E-state index contributed by atoms with van der Waals surface area (Å²) in [5, 5.41) is 15.2. The molecule has 0 spiro atoms. The van der Waals surface area contributed by atoms with Crippen molar-refractivity contribution in [3.05, 3.63) is 95.6 Å². The van der Waals surface area contributed by atoms with E-state index in [2.05, 4.69) is 22.8 Å². The van der Waals surface area contributed by atoms with Crippen LogP contribution in [0.25, 0.3) is 11.1 Å². The molecule has 41 heavy (non-hydrogen) atoms.